The van der Waals surface area contributed by atoms with Crippen molar-refractivity contribution < 1.29 is 14.6 Å². The van der Waals surface area contributed by atoms with Crippen molar-refractivity contribution in [2.75, 3.05) is 12.4 Å². The van der Waals surface area contributed by atoms with Crippen molar-refractivity contribution in [3.05, 3.63) is 35.4 Å². The van der Waals surface area contributed by atoms with Crippen LogP contribution in [0.2, 0.25) is 0 Å². The van der Waals surface area contributed by atoms with Gasteiger partial charge in [-0.15, -0.1) is 0 Å². The Morgan fingerprint density at radius 1 is 1.35 bits per heavy atom. The van der Waals surface area contributed by atoms with Crippen LogP contribution in [-0.2, 0) is 9.53 Å². The number of benzene rings is 1. The number of alkyl halides is 1. The number of carbonyl (C=O) groups is 1. The molecule has 1 rings (SSSR count). The number of hydrogen-bond donors (Lipinski definition) is 1. The monoisotopic (exact) mass is 344 g/mol. The maximum atomic E-state index is 11.8. The van der Waals surface area contributed by atoms with Gasteiger partial charge in [0.05, 0.1) is 19.1 Å². The minimum Gasteiger partial charge on any atom is -0.469 e. The number of aliphatic hydroxyl groups is 1. The van der Waals surface area contributed by atoms with Crippen LogP contribution in [0, 0.1) is 6.92 Å². The summed E-state index contributed by atoms with van der Waals surface area (Å²) in [6.45, 7) is 5.99. The Morgan fingerprint density at radius 2 is 2.00 bits per heavy atom. The number of hydrogen-bond acceptors (Lipinski definition) is 3. The first-order valence-corrected chi connectivity index (χ1v) is 8.09. The predicted octanol–water partition coefficient (Wildman–Crippen LogP) is 3.81. The van der Waals surface area contributed by atoms with Gasteiger partial charge in [-0.05, 0) is 25.3 Å². The molecule has 0 radical (unpaired) electrons. The number of ether oxygens (including phenoxy) is 1. The fraction of sp³-hybridized carbons (Fsp3) is 0.562. The van der Waals surface area contributed by atoms with Gasteiger partial charge in [0, 0.05) is 5.33 Å². The lowest BCUT2D eigenvalue weighted by molar-refractivity contribution is -0.142. The van der Waals surface area contributed by atoms with E-state index in [0.717, 1.165) is 11.1 Å². The van der Waals surface area contributed by atoms with Crippen LogP contribution in [0.3, 0.4) is 0 Å². The highest BCUT2D eigenvalue weighted by atomic mass is 79.9. The molecule has 0 aliphatic heterocycles. The smallest absolute Gasteiger partial charge is 0.313 e. The molecule has 4 heteroatoms. The van der Waals surface area contributed by atoms with Gasteiger partial charge in [-0.1, -0.05) is 59.6 Å². The number of esters is 1. The molecule has 0 heterocycles. The highest BCUT2D eigenvalue weighted by Crippen LogP contribution is 2.24. The minimum atomic E-state index is -0.429. The van der Waals surface area contributed by atoms with E-state index in [9.17, 15) is 9.90 Å². The second-order valence-corrected chi connectivity index (χ2v) is 5.02. The Labute approximate surface area is 130 Å². The standard InChI is InChI=1S/C14H19BrO3.C2H6/c1-10-4-3-5-11(8-10)13(14(17)18-2)7-6-12(16)9-15;1-2/h3-5,8,12-13,16H,6-7,9H2,1-2H3;1-2H3. The molecule has 114 valence electrons. The summed E-state index contributed by atoms with van der Waals surface area (Å²) >= 11 is 3.22. The summed E-state index contributed by atoms with van der Waals surface area (Å²) in [5.41, 5.74) is 2.06. The zero-order valence-electron chi connectivity index (χ0n) is 12.7. The topological polar surface area (TPSA) is 46.5 Å². The third kappa shape index (κ3) is 6.53. The summed E-state index contributed by atoms with van der Waals surface area (Å²) < 4.78 is 4.84. The van der Waals surface area contributed by atoms with Crippen molar-refractivity contribution in [3.63, 3.8) is 0 Å². The maximum Gasteiger partial charge on any atom is 0.313 e. The molecule has 2 unspecified atom stereocenters. The Morgan fingerprint density at radius 3 is 2.50 bits per heavy atom. The Balaban J connectivity index is 0.00000172. The normalized spacial score (nSPS) is 12.9. The zero-order chi connectivity index (χ0) is 15.5. The number of methoxy groups -OCH3 is 1. The molecule has 0 spiro atoms. The maximum absolute atomic E-state index is 11.8. The number of aliphatic hydroxyl groups excluding tert-OH is 1. The number of carbonyl (C=O) groups excluding carboxylic acids is 1. The van der Waals surface area contributed by atoms with Gasteiger partial charge in [-0.3, -0.25) is 4.79 Å². The predicted molar refractivity (Wildman–Crippen MR) is 86.3 cm³/mol. The van der Waals surface area contributed by atoms with Crippen molar-refractivity contribution >= 4 is 21.9 Å². The van der Waals surface area contributed by atoms with Gasteiger partial charge in [0.15, 0.2) is 0 Å². The molecule has 3 nitrogen and oxygen atoms in total. The lowest BCUT2D eigenvalue weighted by Crippen LogP contribution is -2.18. The number of aryl methyl sites for hydroxylation is 1. The van der Waals surface area contributed by atoms with E-state index in [1.54, 1.807) is 0 Å². The van der Waals surface area contributed by atoms with Gasteiger partial charge in [-0.25, -0.2) is 0 Å². The van der Waals surface area contributed by atoms with Gasteiger partial charge >= 0.3 is 5.97 Å². The quantitative estimate of drug-likeness (QED) is 0.630. The Bertz CT molecular complexity index is 393. The van der Waals surface area contributed by atoms with E-state index < -0.39 is 6.10 Å². The molecule has 0 aromatic heterocycles. The first-order chi connectivity index (χ1) is 9.58. The van der Waals surface area contributed by atoms with E-state index in [1.165, 1.54) is 7.11 Å². The van der Waals surface area contributed by atoms with Gasteiger partial charge < -0.3 is 9.84 Å². The third-order valence-corrected chi connectivity index (χ3v) is 3.64. The highest BCUT2D eigenvalue weighted by molar-refractivity contribution is 9.09. The molecule has 0 amide bonds. The zero-order valence-corrected chi connectivity index (χ0v) is 14.3. The molecule has 2 atom stereocenters. The molecule has 0 bridgehead atoms. The molecule has 1 aromatic carbocycles. The van der Waals surface area contributed by atoms with E-state index in [1.807, 2.05) is 45.0 Å². The van der Waals surface area contributed by atoms with Crippen LogP contribution >= 0.6 is 15.9 Å². The van der Waals surface area contributed by atoms with E-state index in [2.05, 4.69) is 15.9 Å². The van der Waals surface area contributed by atoms with Crippen LogP contribution < -0.4 is 0 Å². The minimum absolute atomic E-state index is 0.248. The average Bonchev–Trinajstić information content (AvgIpc) is 2.49. The first-order valence-electron chi connectivity index (χ1n) is 6.97. The van der Waals surface area contributed by atoms with Crippen molar-refractivity contribution in [2.24, 2.45) is 0 Å². The second kappa shape index (κ2) is 10.9. The van der Waals surface area contributed by atoms with Gasteiger partial charge in [0.1, 0.15) is 0 Å². The molecular weight excluding hydrogens is 320 g/mol. The Hall–Kier alpha value is -0.870. The summed E-state index contributed by atoms with van der Waals surface area (Å²) in [5.74, 6) is -0.550. The summed E-state index contributed by atoms with van der Waals surface area (Å²) in [6, 6.07) is 7.84. The van der Waals surface area contributed by atoms with Gasteiger partial charge in [-0.2, -0.15) is 0 Å². The molecule has 0 aliphatic rings. The molecule has 0 saturated carbocycles. The average molecular weight is 345 g/mol. The highest BCUT2D eigenvalue weighted by Gasteiger charge is 2.22. The summed E-state index contributed by atoms with van der Waals surface area (Å²) in [4.78, 5) is 11.8. The lowest BCUT2D eigenvalue weighted by Gasteiger charge is -2.17. The lowest BCUT2D eigenvalue weighted by atomic mass is 9.92. The van der Waals surface area contributed by atoms with Crippen LogP contribution in [0.15, 0.2) is 24.3 Å². The van der Waals surface area contributed by atoms with Crippen molar-refractivity contribution in [1.29, 1.82) is 0 Å². The first kappa shape index (κ1) is 19.1. The van der Waals surface area contributed by atoms with Crippen molar-refractivity contribution in [2.45, 2.75) is 45.6 Å². The van der Waals surface area contributed by atoms with Crippen LogP contribution in [0.25, 0.3) is 0 Å². The SMILES string of the molecule is CC.COC(=O)C(CCC(O)CBr)c1cccc(C)c1. The van der Waals surface area contributed by atoms with Crippen LogP contribution in [0.1, 0.15) is 43.7 Å². The molecule has 0 saturated heterocycles. The van der Waals surface area contributed by atoms with Crippen molar-refractivity contribution in [3.8, 4) is 0 Å². The molecule has 1 aromatic rings. The summed E-state index contributed by atoms with van der Waals surface area (Å²) in [6.07, 6.45) is 0.726. The molecule has 0 fully saturated rings. The van der Waals surface area contributed by atoms with E-state index in [0.29, 0.717) is 18.2 Å². The molecule has 0 aliphatic carbocycles. The molecule has 20 heavy (non-hydrogen) atoms. The van der Waals surface area contributed by atoms with Crippen molar-refractivity contribution in [1.82, 2.24) is 0 Å². The van der Waals surface area contributed by atoms with Gasteiger partial charge in [0.25, 0.3) is 0 Å². The fourth-order valence-electron chi connectivity index (χ4n) is 1.89. The van der Waals surface area contributed by atoms with Gasteiger partial charge in [0.2, 0.25) is 0 Å². The van der Waals surface area contributed by atoms with E-state index >= 15 is 0 Å². The summed E-state index contributed by atoms with van der Waals surface area (Å²) in [5, 5.41) is 10.1. The molecular formula is C16H25BrO3. The van der Waals surface area contributed by atoms with E-state index in [4.69, 9.17) is 4.74 Å². The van der Waals surface area contributed by atoms with Crippen LogP contribution in [-0.4, -0.2) is 29.6 Å². The summed E-state index contributed by atoms with van der Waals surface area (Å²) in [7, 11) is 1.39. The number of rotatable bonds is 6. The third-order valence-electron chi connectivity index (χ3n) is 2.90. The fourth-order valence-corrected chi connectivity index (χ4v) is 2.21. The second-order valence-electron chi connectivity index (χ2n) is 4.38. The van der Waals surface area contributed by atoms with Crippen LogP contribution in [0.5, 0.6) is 0 Å². The van der Waals surface area contributed by atoms with E-state index in [-0.39, 0.29) is 11.9 Å². The largest absolute Gasteiger partial charge is 0.469 e. The number of halogens is 1. The Kier molecular flexibility index (Phi) is 10.4. The van der Waals surface area contributed by atoms with Crippen LogP contribution in [0.4, 0.5) is 0 Å². The molecule has 1 N–H and O–H groups in total.